The highest BCUT2D eigenvalue weighted by molar-refractivity contribution is 5.17. The van der Waals surface area contributed by atoms with Crippen molar-refractivity contribution >= 4 is 0 Å². The molecule has 2 aromatic heterocycles. The van der Waals surface area contributed by atoms with Crippen LogP contribution in [0.5, 0.6) is 6.01 Å². The lowest BCUT2D eigenvalue weighted by atomic mass is 9.85. The number of nitrogens with zero attached hydrogens (tertiary/aromatic N) is 4. The molecule has 1 atom stereocenters. The van der Waals surface area contributed by atoms with Gasteiger partial charge in [0.2, 0.25) is 0 Å². The highest BCUT2D eigenvalue weighted by Crippen LogP contribution is 2.32. The molecule has 2 heterocycles. The van der Waals surface area contributed by atoms with Crippen LogP contribution in [0.3, 0.4) is 0 Å². The predicted octanol–water partition coefficient (Wildman–Crippen LogP) is 4.79. The summed E-state index contributed by atoms with van der Waals surface area (Å²) >= 11 is 0. The SMILES string of the molecule is CC(C)=CCCC1=CCC(c2ccnc(COc3ncccn3)n2)CC1. The van der Waals surface area contributed by atoms with Crippen LogP contribution in [0.1, 0.15) is 63.4 Å². The Labute approximate surface area is 155 Å². The van der Waals surface area contributed by atoms with Gasteiger partial charge in [0.25, 0.3) is 0 Å². The van der Waals surface area contributed by atoms with Crippen molar-refractivity contribution in [2.45, 2.75) is 58.5 Å². The van der Waals surface area contributed by atoms with Crippen LogP contribution in [0.25, 0.3) is 0 Å². The maximum atomic E-state index is 5.55. The summed E-state index contributed by atoms with van der Waals surface area (Å²) in [5.74, 6) is 1.14. The van der Waals surface area contributed by atoms with E-state index in [9.17, 15) is 0 Å². The zero-order valence-electron chi connectivity index (χ0n) is 15.6. The normalized spacial score (nSPS) is 16.7. The molecule has 0 spiro atoms. The molecule has 0 bridgehead atoms. The molecule has 5 heteroatoms. The van der Waals surface area contributed by atoms with Gasteiger partial charge in [-0.05, 0) is 58.1 Å². The van der Waals surface area contributed by atoms with Crippen LogP contribution in [0.15, 0.2) is 54.0 Å². The van der Waals surface area contributed by atoms with E-state index in [2.05, 4.69) is 41.0 Å². The van der Waals surface area contributed by atoms with Crippen molar-refractivity contribution in [2.75, 3.05) is 0 Å². The van der Waals surface area contributed by atoms with E-state index in [0.29, 0.717) is 17.8 Å². The molecule has 1 unspecified atom stereocenters. The Hall–Kier alpha value is -2.56. The molecule has 136 valence electrons. The molecular formula is C21H26N4O. The fourth-order valence-electron chi connectivity index (χ4n) is 3.13. The van der Waals surface area contributed by atoms with Crippen molar-refractivity contribution in [2.24, 2.45) is 0 Å². The Kier molecular flexibility index (Phi) is 6.47. The van der Waals surface area contributed by atoms with Crippen molar-refractivity contribution in [3.8, 4) is 6.01 Å². The molecule has 0 aliphatic heterocycles. The minimum absolute atomic E-state index is 0.286. The van der Waals surface area contributed by atoms with E-state index in [1.54, 1.807) is 24.0 Å². The first-order valence-corrected chi connectivity index (χ1v) is 9.23. The molecular weight excluding hydrogens is 324 g/mol. The average molecular weight is 350 g/mol. The van der Waals surface area contributed by atoms with Crippen molar-refractivity contribution in [3.05, 3.63) is 65.5 Å². The minimum Gasteiger partial charge on any atom is -0.455 e. The van der Waals surface area contributed by atoms with Gasteiger partial charge in [0, 0.05) is 30.2 Å². The second-order valence-electron chi connectivity index (χ2n) is 6.87. The van der Waals surface area contributed by atoms with Gasteiger partial charge in [-0.1, -0.05) is 23.3 Å². The zero-order valence-corrected chi connectivity index (χ0v) is 15.6. The number of rotatable bonds is 7. The molecule has 0 radical (unpaired) electrons. The molecule has 3 rings (SSSR count). The number of hydrogen-bond donors (Lipinski definition) is 0. The first-order chi connectivity index (χ1) is 12.7. The van der Waals surface area contributed by atoms with E-state index in [1.165, 1.54) is 12.0 Å². The fourth-order valence-corrected chi connectivity index (χ4v) is 3.13. The third-order valence-corrected chi connectivity index (χ3v) is 4.54. The van der Waals surface area contributed by atoms with Crippen LogP contribution in [0.2, 0.25) is 0 Å². The van der Waals surface area contributed by atoms with Crippen LogP contribution >= 0.6 is 0 Å². The van der Waals surface area contributed by atoms with Gasteiger partial charge in [0.1, 0.15) is 0 Å². The summed E-state index contributed by atoms with van der Waals surface area (Å²) in [5, 5.41) is 0. The standard InChI is InChI=1S/C21H26N4O/c1-16(2)5-3-6-17-7-9-18(10-8-17)19-11-14-22-20(25-19)15-26-21-23-12-4-13-24-21/h4-5,7,11-14,18H,3,6,8-10,15H2,1-2H3. The van der Waals surface area contributed by atoms with Crippen LogP contribution in [0, 0.1) is 0 Å². The summed E-state index contributed by atoms with van der Waals surface area (Å²) in [6.07, 6.45) is 15.6. The number of allylic oxidation sites excluding steroid dienone is 4. The smallest absolute Gasteiger partial charge is 0.316 e. The number of aromatic nitrogens is 4. The topological polar surface area (TPSA) is 60.8 Å². The molecule has 0 saturated heterocycles. The Morgan fingerprint density at radius 2 is 2.04 bits per heavy atom. The Morgan fingerprint density at radius 3 is 2.77 bits per heavy atom. The van der Waals surface area contributed by atoms with Crippen molar-refractivity contribution in [1.82, 2.24) is 19.9 Å². The first kappa shape index (κ1) is 18.2. The summed E-state index contributed by atoms with van der Waals surface area (Å²) in [5.41, 5.74) is 4.08. The van der Waals surface area contributed by atoms with Gasteiger partial charge in [0.05, 0.1) is 0 Å². The van der Waals surface area contributed by atoms with Crippen LogP contribution < -0.4 is 4.74 Å². The van der Waals surface area contributed by atoms with Gasteiger partial charge < -0.3 is 4.74 Å². The van der Waals surface area contributed by atoms with Gasteiger partial charge in [-0.15, -0.1) is 0 Å². The monoisotopic (exact) mass is 350 g/mol. The fraction of sp³-hybridized carbons (Fsp3) is 0.429. The summed E-state index contributed by atoms with van der Waals surface area (Å²) in [4.78, 5) is 17.1. The summed E-state index contributed by atoms with van der Waals surface area (Å²) < 4.78 is 5.55. The maximum Gasteiger partial charge on any atom is 0.316 e. The molecule has 26 heavy (non-hydrogen) atoms. The van der Waals surface area contributed by atoms with E-state index in [1.807, 2.05) is 12.3 Å². The highest BCUT2D eigenvalue weighted by atomic mass is 16.5. The molecule has 2 aromatic rings. The van der Waals surface area contributed by atoms with E-state index in [-0.39, 0.29) is 6.61 Å². The zero-order chi connectivity index (χ0) is 18.2. The van der Waals surface area contributed by atoms with Crippen LogP contribution in [0.4, 0.5) is 0 Å². The van der Waals surface area contributed by atoms with Crippen LogP contribution in [-0.4, -0.2) is 19.9 Å². The molecule has 0 N–H and O–H groups in total. The largest absolute Gasteiger partial charge is 0.455 e. The lowest BCUT2D eigenvalue weighted by Crippen LogP contribution is -2.10. The van der Waals surface area contributed by atoms with Gasteiger partial charge in [-0.2, -0.15) is 0 Å². The third-order valence-electron chi connectivity index (χ3n) is 4.54. The van der Waals surface area contributed by atoms with Gasteiger partial charge in [-0.25, -0.2) is 19.9 Å². The Bertz CT molecular complexity index is 767. The summed E-state index contributed by atoms with van der Waals surface area (Å²) in [6.45, 7) is 4.60. The van der Waals surface area contributed by atoms with Gasteiger partial charge in [-0.3, -0.25) is 0 Å². The molecule has 0 amide bonds. The average Bonchev–Trinajstić information content (AvgIpc) is 2.68. The Morgan fingerprint density at radius 1 is 1.19 bits per heavy atom. The second kappa shape index (κ2) is 9.22. The maximum absolute atomic E-state index is 5.55. The lowest BCUT2D eigenvalue weighted by molar-refractivity contribution is 0.270. The third kappa shape index (κ3) is 5.48. The van der Waals surface area contributed by atoms with E-state index >= 15 is 0 Å². The number of hydrogen-bond acceptors (Lipinski definition) is 5. The summed E-state index contributed by atoms with van der Waals surface area (Å²) in [7, 11) is 0. The molecule has 5 nitrogen and oxygen atoms in total. The van der Waals surface area contributed by atoms with E-state index in [4.69, 9.17) is 9.72 Å². The summed E-state index contributed by atoms with van der Waals surface area (Å²) in [6, 6.07) is 4.13. The molecule has 0 saturated carbocycles. The van der Waals surface area contributed by atoms with E-state index < -0.39 is 0 Å². The minimum atomic E-state index is 0.286. The van der Waals surface area contributed by atoms with Gasteiger partial charge >= 0.3 is 6.01 Å². The van der Waals surface area contributed by atoms with Crippen molar-refractivity contribution in [1.29, 1.82) is 0 Å². The molecule has 0 fully saturated rings. The Balaban J connectivity index is 1.55. The molecule has 1 aliphatic carbocycles. The molecule has 0 aromatic carbocycles. The second-order valence-corrected chi connectivity index (χ2v) is 6.87. The van der Waals surface area contributed by atoms with E-state index in [0.717, 1.165) is 31.4 Å². The molecule has 1 aliphatic rings. The van der Waals surface area contributed by atoms with Crippen molar-refractivity contribution < 1.29 is 4.74 Å². The first-order valence-electron chi connectivity index (χ1n) is 9.23. The van der Waals surface area contributed by atoms with Gasteiger partial charge in [0.15, 0.2) is 12.4 Å². The van der Waals surface area contributed by atoms with Crippen molar-refractivity contribution in [3.63, 3.8) is 0 Å². The predicted molar refractivity (Wildman–Crippen MR) is 102 cm³/mol. The number of ether oxygens (including phenoxy) is 1. The quantitative estimate of drug-likeness (QED) is 0.672. The van der Waals surface area contributed by atoms with Crippen LogP contribution in [-0.2, 0) is 6.61 Å². The highest BCUT2D eigenvalue weighted by Gasteiger charge is 2.18. The lowest BCUT2D eigenvalue weighted by Gasteiger charge is -2.21.